The molecule has 0 aromatic heterocycles. The van der Waals surface area contributed by atoms with Crippen molar-refractivity contribution in [2.45, 2.75) is 19.4 Å². The van der Waals surface area contributed by atoms with Gasteiger partial charge in [-0.2, -0.15) is 0 Å². The second-order valence-electron chi connectivity index (χ2n) is 5.75. The number of rotatable bonds is 5. The van der Waals surface area contributed by atoms with E-state index in [-0.39, 0.29) is 6.03 Å². The second-order valence-corrected chi connectivity index (χ2v) is 6.61. The lowest BCUT2D eigenvalue weighted by Gasteiger charge is -2.28. The molecule has 0 aliphatic heterocycles. The fraction of sp³-hybridized carbons (Fsp3) is 0.278. The van der Waals surface area contributed by atoms with E-state index in [2.05, 4.69) is 26.6 Å². The Kier molecular flexibility index (Phi) is 5.72. The van der Waals surface area contributed by atoms with E-state index in [1.54, 1.807) is 14.2 Å². The number of para-hydroxylation sites is 1. The van der Waals surface area contributed by atoms with E-state index >= 15 is 0 Å². The van der Waals surface area contributed by atoms with E-state index in [4.69, 9.17) is 9.47 Å². The number of benzene rings is 2. The Balaban J connectivity index is 2.15. The molecular formula is C18H21BrN2O3. The molecule has 0 saturated carbocycles. The number of methoxy groups -OCH3 is 2. The van der Waals surface area contributed by atoms with Crippen molar-refractivity contribution in [2.24, 2.45) is 0 Å². The molecule has 5 nitrogen and oxygen atoms in total. The molecule has 0 fully saturated rings. The summed E-state index contributed by atoms with van der Waals surface area (Å²) in [6.07, 6.45) is 0. The fourth-order valence-corrected chi connectivity index (χ4v) is 2.68. The van der Waals surface area contributed by atoms with Crippen molar-refractivity contribution < 1.29 is 14.3 Å². The Bertz CT molecular complexity index is 732. The highest BCUT2D eigenvalue weighted by atomic mass is 79.9. The molecule has 2 N–H and O–H groups in total. The smallest absolute Gasteiger partial charge is 0.319 e. The van der Waals surface area contributed by atoms with Crippen molar-refractivity contribution in [3.05, 3.63) is 52.5 Å². The Morgan fingerprint density at radius 3 is 2.33 bits per heavy atom. The number of nitrogens with one attached hydrogen (secondary N) is 2. The van der Waals surface area contributed by atoms with Crippen molar-refractivity contribution in [1.82, 2.24) is 5.32 Å². The summed E-state index contributed by atoms with van der Waals surface area (Å²) in [5, 5.41) is 5.80. The van der Waals surface area contributed by atoms with Crippen LogP contribution in [0.3, 0.4) is 0 Å². The summed E-state index contributed by atoms with van der Waals surface area (Å²) < 4.78 is 11.4. The highest BCUT2D eigenvalue weighted by Gasteiger charge is 2.24. The van der Waals surface area contributed by atoms with Gasteiger partial charge in [0.25, 0.3) is 0 Å². The summed E-state index contributed by atoms with van der Waals surface area (Å²) in [5.74, 6) is 1.27. The zero-order chi connectivity index (χ0) is 17.7. The molecule has 2 rings (SSSR count). The van der Waals surface area contributed by atoms with Crippen LogP contribution in [0, 0.1) is 0 Å². The van der Waals surface area contributed by atoms with E-state index in [1.165, 1.54) is 0 Å². The summed E-state index contributed by atoms with van der Waals surface area (Å²) in [6.45, 7) is 3.85. The van der Waals surface area contributed by atoms with Crippen molar-refractivity contribution in [3.63, 3.8) is 0 Å². The van der Waals surface area contributed by atoms with Crippen LogP contribution >= 0.6 is 15.9 Å². The lowest BCUT2D eigenvalue weighted by Crippen LogP contribution is -2.43. The molecule has 2 amide bonds. The Morgan fingerprint density at radius 1 is 1.04 bits per heavy atom. The highest BCUT2D eigenvalue weighted by Crippen LogP contribution is 2.32. The van der Waals surface area contributed by atoms with Gasteiger partial charge in [-0.3, -0.25) is 0 Å². The van der Waals surface area contributed by atoms with Crippen LogP contribution in [0.4, 0.5) is 10.5 Å². The molecular weight excluding hydrogens is 372 g/mol. The minimum atomic E-state index is -0.592. The van der Waals surface area contributed by atoms with Crippen LogP contribution in [0.1, 0.15) is 19.4 Å². The van der Waals surface area contributed by atoms with E-state index in [9.17, 15) is 4.79 Å². The zero-order valence-corrected chi connectivity index (χ0v) is 15.7. The molecule has 0 atom stereocenters. The molecule has 6 heteroatoms. The molecule has 2 aromatic rings. The number of anilines is 1. The minimum absolute atomic E-state index is 0.290. The van der Waals surface area contributed by atoms with Crippen molar-refractivity contribution in [3.8, 4) is 11.5 Å². The zero-order valence-electron chi connectivity index (χ0n) is 14.1. The van der Waals surface area contributed by atoms with E-state index in [0.29, 0.717) is 17.2 Å². The molecule has 0 spiro atoms. The van der Waals surface area contributed by atoms with Crippen molar-refractivity contribution >= 4 is 27.6 Å². The van der Waals surface area contributed by atoms with Gasteiger partial charge in [0.1, 0.15) is 0 Å². The molecule has 128 valence electrons. The molecule has 0 bridgehead atoms. The number of hydrogen-bond acceptors (Lipinski definition) is 3. The van der Waals surface area contributed by atoms with Gasteiger partial charge in [-0.15, -0.1) is 0 Å². The maximum absolute atomic E-state index is 12.3. The summed E-state index contributed by atoms with van der Waals surface area (Å²) in [4.78, 5) is 12.3. The molecule has 0 saturated heterocycles. The Morgan fingerprint density at radius 2 is 1.71 bits per heavy atom. The predicted molar refractivity (Wildman–Crippen MR) is 98.9 cm³/mol. The normalized spacial score (nSPS) is 10.9. The molecule has 2 aromatic carbocycles. The van der Waals surface area contributed by atoms with Gasteiger partial charge >= 0.3 is 6.03 Å². The van der Waals surface area contributed by atoms with Gasteiger partial charge in [-0.05, 0) is 59.6 Å². The van der Waals surface area contributed by atoms with Crippen LogP contribution < -0.4 is 20.1 Å². The maximum atomic E-state index is 12.3. The largest absolute Gasteiger partial charge is 0.493 e. The summed E-state index contributed by atoms with van der Waals surface area (Å²) in [5.41, 5.74) is 1.02. The first-order chi connectivity index (χ1) is 11.4. The third-order valence-electron chi connectivity index (χ3n) is 3.65. The molecule has 0 aliphatic rings. The fourth-order valence-electron chi connectivity index (χ4n) is 2.30. The standard InChI is InChI=1S/C18H21BrN2O3/c1-18(2,12-9-10-15(23-3)16(11-12)24-4)21-17(22)20-14-8-6-5-7-13(14)19/h5-11H,1-4H3,(H2,20,21,22). The van der Waals surface area contributed by atoms with Gasteiger partial charge in [0.2, 0.25) is 0 Å². The molecule has 24 heavy (non-hydrogen) atoms. The molecule has 0 radical (unpaired) electrons. The summed E-state index contributed by atoms with van der Waals surface area (Å²) in [6, 6.07) is 12.7. The second kappa shape index (κ2) is 7.57. The highest BCUT2D eigenvalue weighted by molar-refractivity contribution is 9.10. The van der Waals surface area contributed by atoms with Gasteiger partial charge < -0.3 is 20.1 Å². The number of carbonyl (C=O) groups excluding carboxylic acids is 1. The number of carbonyl (C=O) groups is 1. The predicted octanol–water partition coefficient (Wildman–Crippen LogP) is 4.52. The van der Waals surface area contributed by atoms with Gasteiger partial charge in [0.15, 0.2) is 11.5 Å². The lowest BCUT2D eigenvalue weighted by atomic mass is 9.94. The van der Waals surface area contributed by atoms with Gasteiger partial charge in [-0.25, -0.2) is 4.79 Å². The van der Waals surface area contributed by atoms with Crippen LogP contribution in [0.15, 0.2) is 46.9 Å². The van der Waals surface area contributed by atoms with E-state index in [0.717, 1.165) is 10.0 Å². The van der Waals surface area contributed by atoms with Crippen LogP contribution in [0.2, 0.25) is 0 Å². The monoisotopic (exact) mass is 392 g/mol. The Hall–Kier alpha value is -2.21. The van der Waals surface area contributed by atoms with Crippen molar-refractivity contribution in [2.75, 3.05) is 19.5 Å². The van der Waals surface area contributed by atoms with Gasteiger partial charge in [0, 0.05) is 4.47 Å². The molecule has 0 heterocycles. The number of hydrogen-bond donors (Lipinski definition) is 2. The van der Waals surface area contributed by atoms with E-state index < -0.39 is 5.54 Å². The first-order valence-electron chi connectivity index (χ1n) is 7.43. The Labute approximate surface area is 150 Å². The number of ether oxygens (including phenoxy) is 2. The molecule has 0 unspecified atom stereocenters. The number of urea groups is 1. The quantitative estimate of drug-likeness (QED) is 0.785. The van der Waals surface area contributed by atoms with Crippen LogP contribution in [-0.4, -0.2) is 20.3 Å². The number of halogens is 1. The van der Waals surface area contributed by atoms with E-state index in [1.807, 2.05) is 56.3 Å². The third-order valence-corrected chi connectivity index (χ3v) is 4.34. The van der Waals surface area contributed by atoms with Crippen LogP contribution in [0.5, 0.6) is 11.5 Å². The summed E-state index contributed by atoms with van der Waals surface area (Å²) >= 11 is 3.41. The SMILES string of the molecule is COc1ccc(C(C)(C)NC(=O)Nc2ccccc2Br)cc1OC. The lowest BCUT2D eigenvalue weighted by molar-refractivity contribution is 0.241. The first kappa shape index (κ1) is 18.1. The maximum Gasteiger partial charge on any atom is 0.319 e. The average molecular weight is 393 g/mol. The van der Waals surface area contributed by atoms with Gasteiger partial charge in [0.05, 0.1) is 25.4 Å². The third kappa shape index (κ3) is 4.20. The molecule has 0 aliphatic carbocycles. The minimum Gasteiger partial charge on any atom is -0.493 e. The average Bonchev–Trinajstić information content (AvgIpc) is 2.55. The van der Waals surface area contributed by atoms with Crippen LogP contribution in [0.25, 0.3) is 0 Å². The number of amides is 2. The first-order valence-corrected chi connectivity index (χ1v) is 8.23. The van der Waals surface area contributed by atoms with Gasteiger partial charge in [-0.1, -0.05) is 18.2 Å². The topological polar surface area (TPSA) is 59.6 Å². The van der Waals surface area contributed by atoms with Crippen molar-refractivity contribution in [1.29, 1.82) is 0 Å². The van der Waals surface area contributed by atoms with Crippen LogP contribution in [-0.2, 0) is 5.54 Å². The summed E-state index contributed by atoms with van der Waals surface area (Å²) in [7, 11) is 3.17.